The Bertz CT molecular complexity index is 342. The molecule has 1 aromatic carbocycles. The lowest BCUT2D eigenvalue weighted by Crippen LogP contribution is -2.38. The first kappa shape index (κ1) is 13.0. The molecule has 0 bridgehead atoms. The zero-order valence-corrected chi connectivity index (χ0v) is 9.74. The number of carboxylic acids is 1. The highest BCUT2D eigenvalue weighted by Crippen LogP contribution is 2.29. The Morgan fingerprint density at radius 1 is 1.31 bits per heavy atom. The number of aliphatic carboxylic acids is 1. The van der Waals surface area contributed by atoms with Gasteiger partial charge < -0.3 is 10.4 Å². The van der Waals surface area contributed by atoms with Crippen LogP contribution < -0.4 is 5.32 Å². The third-order valence-electron chi connectivity index (χ3n) is 3.03. The Morgan fingerprint density at radius 2 is 2.00 bits per heavy atom. The Labute approximate surface area is 101 Å². The SMILES string of the molecule is Cl.O=C(O)[C@H]1CCNC[C@@H]1c1ccccc1. The van der Waals surface area contributed by atoms with Crippen molar-refractivity contribution >= 4 is 18.4 Å². The number of hydrogen-bond donors (Lipinski definition) is 2. The van der Waals surface area contributed by atoms with Crippen LogP contribution in [0.15, 0.2) is 30.3 Å². The van der Waals surface area contributed by atoms with Crippen LogP contribution in [0.5, 0.6) is 0 Å². The Hall–Kier alpha value is -1.06. The molecule has 88 valence electrons. The van der Waals surface area contributed by atoms with Crippen molar-refractivity contribution in [3.63, 3.8) is 0 Å². The largest absolute Gasteiger partial charge is 0.481 e. The van der Waals surface area contributed by atoms with Crippen LogP contribution in [-0.2, 0) is 4.79 Å². The molecule has 2 N–H and O–H groups in total. The molecule has 1 fully saturated rings. The molecule has 0 unspecified atom stereocenters. The van der Waals surface area contributed by atoms with Crippen molar-refractivity contribution in [3.8, 4) is 0 Å². The van der Waals surface area contributed by atoms with Gasteiger partial charge in [0.05, 0.1) is 5.92 Å². The molecule has 0 aliphatic carbocycles. The third kappa shape index (κ3) is 2.74. The second-order valence-corrected chi connectivity index (χ2v) is 3.95. The molecule has 0 aromatic heterocycles. The Morgan fingerprint density at radius 3 is 2.62 bits per heavy atom. The first-order valence-corrected chi connectivity index (χ1v) is 5.27. The van der Waals surface area contributed by atoms with Gasteiger partial charge in [0, 0.05) is 12.5 Å². The van der Waals surface area contributed by atoms with Gasteiger partial charge >= 0.3 is 5.97 Å². The molecule has 1 saturated heterocycles. The fourth-order valence-electron chi connectivity index (χ4n) is 2.20. The number of nitrogens with one attached hydrogen (secondary N) is 1. The predicted octanol–water partition coefficient (Wildman–Crippen LogP) is 1.89. The van der Waals surface area contributed by atoms with Crippen molar-refractivity contribution in [1.29, 1.82) is 0 Å². The summed E-state index contributed by atoms with van der Waals surface area (Å²) in [5.74, 6) is -0.809. The molecule has 3 nitrogen and oxygen atoms in total. The van der Waals surface area contributed by atoms with Crippen LogP contribution in [0, 0.1) is 5.92 Å². The maximum Gasteiger partial charge on any atom is 0.307 e. The van der Waals surface area contributed by atoms with Gasteiger partial charge in [-0.2, -0.15) is 0 Å². The van der Waals surface area contributed by atoms with Gasteiger partial charge in [0.25, 0.3) is 0 Å². The zero-order chi connectivity index (χ0) is 10.7. The number of piperidine rings is 1. The summed E-state index contributed by atoms with van der Waals surface area (Å²) in [6.07, 6.45) is 0.717. The summed E-state index contributed by atoms with van der Waals surface area (Å²) in [6.45, 7) is 1.57. The van der Waals surface area contributed by atoms with Gasteiger partial charge in [-0.15, -0.1) is 12.4 Å². The van der Waals surface area contributed by atoms with Crippen molar-refractivity contribution in [2.75, 3.05) is 13.1 Å². The van der Waals surface area contributed by atoms with Crippen LogP contribution in [0.2, 0.25) is 0 Å². The number of carbonyl (C=O) groups is 1. The van der Waals surface area contributed by atoms with E-state index in [0.717, 1.165) is 25.1 Å². The topological polar surface area (TPSA) is 49.3 Å². The molecule has 1 aromatic rings. The monoisotopic (exact) mass is 241 g/mol. The summed E-state index contributed by atoms with van der Waals surface area (Å²) in [4.78, 5) is 11.1. The molecule has 1 heterocycles. The lowest BCUT2D eigenvalue weighted by atomic mass is 9.81. The summed E-state index contributed by atoms with van der Waals surface area (Å²) < 4.78 is 0. The van der Waals surface area contributed by atoms with Crippen molar-refractivity contribution < 1.29 is 9.90 Å². The van der Waals surface area contributed by atoms with Gasteiger partial charge in [0.1, 0.15) is 0 Å². The number of carboxylic acid groups (broad SMARTS) is 1. The summed E-state index contributed by atoms with van der Waals surface area (Å²) in [5.41, 5.74) is 1.12. The van der Waals surface area contributed by atoms with Crippen LogP contribution >= 0.6 is 12.4 Å². The summed E-state index contributed by atoms with van der Waals surface area (Å²) in [5, 5.41) is 12.4. The molecule has 1 aliphatic heterocycles. The molecule has 1 aliphatic rings. The molecule has 0 spiro atoms. The maximum atomic E-state index is 11.1. The minimum absolute atomic E-state index is 0. The normalized spacial score (nSPS) is 24.5. The van der Waals surface area contributed by atoms with Crippen LogP contribution in [0.4, 0.5) is 0 Å². The molecular weight excluding hydrogens is 226 g/mol. The lowest BCUT2D eigenvalue weighted by Gasteiger charge is -2.29. The fraction of sp³-hybridized carbons (Fsp3) is 0.417. The van der Waals surface area contributed by atoms with E-state index in [1.807, 2.05) is 30.3 Å². The van der Waals surface area contributed by atoms with E-state index in [1.165, 1.54) is 0 Å². The van der Waals surface area contributed by atoms with Gasteiger partial charge in [-0.3, -0.25) is 4.79 Å². The number of benzene rings is 1. The molecule has 0 saturated carbocycles. The number of rotatable bonds is 2. The smallest absolute Gasteiger partial charge is 0.307 e. The van der Waals surface area contributed by atoms with E-state index < -0.39 is 5.97 Å². The highest BCUT2D eigenvalue weighted by Gasteiger charge is 2.31. The van der Waals surface area contributed by atoms with E-state index in [1.54, 1.807) is 0 Å². The van der Waals surface area contributed by atoms with Crippen LogP contribution in [0.1, 0.15) is 17.9 Å². The quantitative estimate of drug-likeness (QED) is 0.831. The first-order valence-electron chi connectivity index (χ1n) is 5.27. The van der Waals surface area contributed by atoms with E-state index >= 15 is 0 Å². The zero-order valence-electron chi connectivity index (χ0n) is 8.93. The first-order chi connectivity index (χ1) is 7.29. The van der Waals surface area contributed by atoms with Crippen LogP contribution in [-0.4, -0.2) is 24.2 Å². The molecule has 2 atom stereocenters. The molecule has 4 heteroatoms. The molecule has 0 amide bonds. The lowest BCUT2D eigenvalue weighted by molar-refractivity contribution is -0.143. The van der Waals surface area contributed by atoms with Crippen molar-refractivity contribution in [3.05, 3.63) is 35.9 Å². The van der Waals surface area contributed by atoms with Crippen LogP contribution in [0.3, 0.4) is 0 Å². The average Bonchev–Trinajstić information content (AvgIpc) is 2.30. The van der Waals surface area contributed by atoms with Crippen molar-refractivity contribution in [1.82, 2.24) is 5.32 Å². The average molecular weight is 242 g/mol. The maximum absolute atomic E-state index is 11.1. The van der Waals surface area contributed by atoms with Gasteiger partial charge in [0.2, 0.25) is 0 Å². The third-order valence-corrected chi connectivity index (χ3v) is 3.03. The molecule has 0 radical (unpaired) electrons. The van der Waals surface area contributed by atoms with E-state index in [9.17, 15) is 4.79 Å². The standard InChI is InChI=1S/C12H15NO2.ClH/c14-12(15)10-6-7-13-8-11(10)9-4-2-1-3-5-9;/h1-5,10-11,13H,6-8H2,(H,14,15);1H/t10-,11+;/m0./s1. The summed E-state index contributed by atoms with van der Waals surface area (Å²) >= 11 is 0. The second-order valence-electron chi connectivity index (χ2n) is 3.95. The van der Waals surface area contributed by atoms with E-state index in [0.29, 0.717) is 0 Å². The number of hydrogen-bond acceptors (Lipinski definition) is 2. The van der Waals surface area contributed by atoms with Gasteiger partial charge in [0.15, 0.2) is 0 Å². The Kier molecular flexibility index (Phi) is 4.77. The van der Waals surface area contributed by atoms with E-state index in [2.05, 4.69) is 5.32 Å². The van der Waals surface area contributed by atoms with E-state index in [-0.39, 0.29) is 24.2 Å². The van der Waals surface area contributed by atoms with Crippen LogP contribution in [0.25, 0.3) is 0 Å². The molecule has 16 heavy (non-hydrogen) atoms. The molecular formula is C12H16ClNO2. The molecule has 2 rings (SSSR count). The van der Waals surface area contributed by atoms with Gasteiger partial charge in [-0.1, -0.05) is 30.3 Å². The minimum Gasteiger partial charge on any atom is -0.481 e. The van der Waals surface area contributed by atoms with Gasteiger partial charge in [-0.05, 0) is 18.5 Å². The summed E-state index contributed by atoms with van der Waals surface area (Å²) in [6, 6.07) is 9.89. The number of halogens is 1. The second kappa shape index (κ2) is 5.87. The highest BCUT2D eigenvalue weighted by molar-refractivity contribution is 5.85. The highest BCUT2D eigenvalue weighted by atomic mass is 35.5. The Balaban J connectivity index is 0.00000128. The fourth-order valence-corrected chi connectivity index (χ4v) is 2.20. The minimum atomic E-state index is -0.676. The van der Waals surface area contributed by atoms with E-state index in [4.69, 9.17) is 5.11 Å². The van der Waals surface area contributed by atoms with Crippen molar-refractivity contribution in [2.45, 2.75) is 12.3 Å². The van der Waals surface area contributed by atoms with Gasteiger partial charge in [-0.25, -0.2) is 0 Å². The summed E-state index contributed by atoms with van der Waals surface area (Å²) in [7, 11) is 0. The predicted molar refractivity (Wildman–Crippen MR) is 65.0 cm³/mol. The van der Waals surface area contributed by atoms with Crippen molar-refractivity contribution in [2.24, 2.45) is 5.92 Å².